The maximum absolute atomic E-state index is 12.8. The maximum Gasteiger partial charge on any atom is 0.242 e. The Morgan fingerprint density at radius 3 is 2.97 bits per heavy atom. The van der Waals surface area contributed by atoms with E-state index >= 15 is 0 Å². The molecule has 1 amide bonds. The van der Waals surface area contributed by atoms with E-state index in [0.717, 1.165) is 48.1 Å². The molecule has 0 radical (unpaired) electrons. The van der Waals surface area contributed by atoms with E-state index in [1.807, 2.05) is 48.7 Å². The number of carbonyl (C=O) groups is 1. The van der Waals surface area contributed by atoms with Crippen molar-refractivity contribution in [2.45, 2.75) is 24.9 Å². The Hall–Kier alpha value is -2.93. The molecule has 2 heterocycles. The molecule has 0 saturated carbocycles. The summed E-state index contributed by atoms with van der Waals surface area (Å²) >= 11 is 0. The summed E-state index contributed by atoms with van der Waals surface area (Å²) in [5, 5.41) is 14.4. The summed E-state index contributed by atoms with van der Waals surface area (Å²) in [5.74, 6) is -0.144. The van der Waals surface area contributed by atoms with Crippen molar-refractivity contribution in [3.63, 3.8) is 0 Å². The summed E-state index contributed by atoms with van der Waals surface area (Å²) in [6.45, 7) is 1.06. The molecule has 0 spiro atoms. The minimum Gasteiger partial charge on any atom is -0.381 e. The number of likely N-dealkylation sites (tertiary alicyclic amines) is 1. The average molecular weight is 395 g/mol. The highest BCUT2D eigenvalue weighted by Gasteiger charge is 2.31. The molecule has 7 heteroatoms. The zero-order chi connectivity index (χ0) is 20.1. The van der Waals surface area contributed by atoms with Gasteiger partial charge in [-0.25, -0.2) is 4.39 Å². The van der Waals surface area contributed by atoms with E-state index in [1.54, 1.807) is 0 Å². The number of carbonyl (C=O) groups excluding carboxylic acids is 1. The number of nitrogens with zero attached hydrogens (tertiary/aromatic N) is 2. The molecule has 0 bridgehead atoms. The Kier molecular flexibility index (Phi) is 6.05. The number of piperidine rings is 1. The van der Waals surface area contributed by atoms with Crippen molar-refractivity contribution in [2.24, 2.45) is 0 Å². The van der Waals surface area contributed by atoms with Gasteiger partial charge < -0.3 is 10.6 Å². The first-order valence-corrected chi connectivity index (χ1v) is 10.1. The summed E-state index contributed by atoms with van der Waals surface area (Å²) in [7, 11) is 0. The molecule has 2 unspecified atom stereocenters. The Morgan fingerprint density at radius 1 is 1.28 bits per heavy atom. The Labute approximate surface area is 169 Å². The molecule has 3 aromatic rings. The third-order valence-electron chi connectivity index (χ3n) is 5.39. The number of aromatic amines is 1. The second-order valence-electron chi connectivity index (χ2n) is 7.44. The van der Waals surface area contributed by atoms with Crippen LogP contribution in [0.2, 0.25) is 0 Å². The first kappa shape index (κ1) is 19.4. The molecule has 0 aliphatic carbocycles. The largest absolute Gasteiger partial charge is 0.381 e. The van der Waals surface area contributed by atoms with Crippen LogP contribution < -0.4 is 10.6 Å². The predicted molar refractivity (Wildman–Crippen MR) is 112 cm³/mol. The number of halogens is 1. The number of anilines is 1. The van der Waals surface area contributed by atoms with E-state index in [4.69, 9.17) is 0 Å². The van der Waals surface area contributed by atoms with Crippen molar-refractivity contribution in [1.82, 2.24) is 20.4 Å². The fraction of sp³-hybridized carbons (Fsp3) is 0.364. The number of hydrogen-bond donors (Lipinski definition) is 3. The number of rotatable bonds is 7. The average Bonchev–Trinajstić information content (AvgIpc) is 3.21. The number of nitrogens with one attached hydrogen (secondary N) is 3. The second-order valence-corrected chi connectivity index (χ2v) is 7.44. The number of alkyl halides is 1. The lowest BCUT2D eigenvalue weighted by molar-refractivity contribution is -0.127. The molecule has 6 nitrogen and oxygen atoms in total. The van der Waals surface area contributed by atoms with E-state index in [2.05, 4.69) is 31.8 Å². The highest BCUT2D eigenvalue weighted by molar-refractivity contribution is 5.83. The van der Waals surface area contributed by atoms with Gasteiger partial charge in [0.25, 0.3) is 0 Å². The Bertz CT molecular complexity index is 945. The SMILES string of the molecule is O=C(NCCF)C(c1ccccc1)N1CCCC(Nc2ccc3[nH]ncc3c2)C1. The van der Waals surface area contributed by atoms with Gasteiger partial charge in [-0.2, -0.15) is 5.10 Å². The van der Waals surface area contributed by atoms with Gasteiger partial charge in [-0.15, -0.1) is 0 Å². The van der Waals surface area contributed by atoms with Crippen molar-refractivity contribution in [2.75, 3.05) is 31.6 Å². The van der Waals surface area contributed by atoms with Crippen LogP contribution >= 0.6 is 0 Å². The van der Waals surface area contributed by atoms with Crippen LogP contribution in [0.1, 0.15) is 24.4 Å². The van der Waals surface area contributed by atoms with Crippen molar-refractivity contribution in [3.05, 3.63) is 60.3 Å². The van der Waals surface area contributed by atoms with Crippen LogP contribution in [0.15, 0.2) is 54.7 Å². The number of benzene rings is 2. The number of hydrogen-bond acceptors (Lipinski definition) is 4. The van der Waals surface area contributed by atoms with Crippen LogP contribution in [-0.2, 0) is 4.79 Å². The van der Waals surface area contributed by atoms with Gasteiger partial charge in [-0.05, 0) is 43.1 Å². The molecular weight excluding hydrogens is 369 g/mol. The molecule has 1 aromatic heterocycles. The molecule has 1 aliphatic heterocycles. The van der Waals surface area contributed by atoms with Gasteiger partial charge in [0.2, 0.25) is 5.91 Å². The van der Waals surface area contributed by atoms with Gasteiger partial charge in [0, 0.05) is 30.2 Å². The van der Waals surface area contributed by atoms with Gasteiger partial charge in [-0.1, -0.05) is 30.3 Å². The smallest absolute Gasteiger partial charge is 0.242 e. The van der Waals surface area contributed by atoms with Gasteiger partial charge in [0.1, 0.15) is 12.7 Å². The fourth-order valence-electron chi connectivity index (χ4n) is 4.06. The van der Waals surface area contributed by atoms with Gasteiger partial charge in [-0.3, -0.25) is 14.8 Å². The molecule has 2 atom stereocenters. The third kappa shape index (κ3) is 4.56. The Morgan fingerprint density at radius 2 is 2.14 bits per heavy atom. The van der Waals surface area contributed by atoms with Crippen LogP contribution in [0.5, 0.6) is 0 Å². The number of H-pyrrole nitrogens is 1. The maximum atomic E-state index is 12.8. The first-order valence-electron chi connectivity index (χ1n) is 10.1. The zero-order valence-corrected chi connectivity index (χ0v) is 16.3. The lowest BCUT2D eigenvalue weighted by Gasteiger charge is -2.38. The van der Waals surface area contributed by atoms with Crippen LogP contribution in [0.3, 0.4) is 0 Å². The summed E-state index contributed by atoms with van der Waals surface area (Å²) in [5.41, 5.74) is 2.99. The van der Waals surface area contributed by atoms with Crippen molar-refractivity contribution in [1.29, 1.82) is 0 Å². The molecule has 4 rings (SSSR count). The van der Waals surface area contributed by atoms with E-state index in [9.17, 15) is 9.18 Å². The van der Waals surface area contributed by atoms with E-state index < -0.39 is 12.7 Å². The number of fused-ring (bicyclic) bond motifs is 1. The van der Waals surface area contributed by atoms with Crippen LogP contribution in [0.4, 0.5) is 10.1 Å². The highest BCUT2D eigenvalue weighted by atomic mass is 19.1. The van der Waals surface area contributed by atoms with E-state index in [0.29, 0.717) is 0 Å². The minimum atomic E-state index is -0.562. The molecule has 152 valence electrons. The van der Waals surface area contributed by atoms with E-state index in [1.165, 1.54) is 0 Å². The van der Waals surface area contributed by atoms with Gasteiger partial charge >= 0.3 is 0 Å². The van der Waals surface area contributed by atoms with Gasteiger partial charge in [0.15, 0.2) is 0 Å². The first-order chi connectivity index (χ1) is 14.2. The molecule has 29 heavy (non-hydrogen) atoms. The lowest BCUT2D eigenvalue weighted by atomic mass is 9.98. The zero-order valence-electron chi connectivity index (χ0n) is 16.3. The highest BCUT2D eigenvalue weighted by Crippen LogP contribution is 2.27. The molecule has 1 fully saturated rings. The molecule has 1 saturated heterocycles. The fourth-order valence-corrected chi connectivity index (χ4v) is 4.06. The van der Waals surface area contributed by atoms with Crippen LogP contribution in [-0.4, -0.2) is 53.4 Å². The van der Waals surface area contributed by atoms with Crippen molar-refractivity contribution >= 4 is 22.5 Å². The quantitative estimate of drug-likeness (QED) is 0.574. The summed E-state index contributed by atoms with van der Waals surface area (Å²) in [4.78, 5) is 15.0. The molecular formula is C22H26FN5O. The summed E-state index contributed by atoms with van der Waals surface area (Å²) in [6, 6.07) is 15.7. The van der Waals surface area contributed by atoms with Crippen LogP contribution in [0.25, 0.3) is 10.9 Å². The van der Waals surface area contributed by atoms with E-state index in [-0.39, 0.29) is 18.5 Å². The lowest BCUT2D eigenvalue weighted by Crippen LogP contribution is -2.48. The van der Waals surface area contributed by atoms with Crippen molar-refractivity contribution < 1.29 is 9.18 Å². The predicted octanol–water partition coefficient (Wildman–Crippen LogP) is 3.27. The minimum absolute atomic E-state index is 0.0440. The standard InChI is InChI=1S/C22H26FN5O/c23-10-11-24-22(29)21(16-5-2-1-3-6-16)28-12-4-7-19(15-28)26-18-8-9-20-17(13-18)14-25-27-20/h1-3,5-6,8-9,13-14,19,21,26H,4,7,10-12,15H2,(H,24,29)(H,25,27). The Balaban J connectivity index is 1.50. The summed E-state index contributed by atoms with van der Waals surface area (Å²) in [6.07, 6.45) is 3.84. The monoisotopic (exact) mass is 395 g/mol. The number of amides is 1. The molecule has 1 aliphatic rings. The second kappa shape index (κ2) is 9.05. The number of aromatic nitrogens is 2. The normalized spacial score (nSPS) is 18.4. The van der Waals surface area contributed by atoms with Crippen molar-refractivity contribution in [3.8, 4) is 0 Å². The van der Waals surface area contributed by atoms with Gasteiger partial charge in [0.05, 0.1) is 11.7 Å². The topological polar surface area (TPSA) is 73.1 Å². The third-order valence-corrected chi connectivity index (χ3v) is 5.39. The van der Waals surface area contributed by atoms with Crippen LogP contribution in [0, 0.1) is 0 Å². The molecule has 3 N–H and O–H groups in total. The molecule has 2 aromatic carbocycles. The summed E-state index contributed by atoms with van der Waals surface area (Å²) < 4.78 is 12.6.